The molecule has 0 aromatic rings. The maximum Gasteiger partial charge on any atom is 0.472 e. The van der Waals surface area contributed by atoms with E-state index in [9.17, 15) is 34.1 Å². The van der Waals surface area contributed by atoms with Crippen LogP contribution in [0.5, 0.6) is 0 Å². The molecule has 1 amide bonds. The molecular weight excluding hydrogens is 733 g/mol. The number of nitrogens with one attached hydrogen (secondary N) is 1. The van der Waals surface area contributed by atoms with Crippen LogP contribution in [0, 0.1) is 0 Å². The monoisotopic (exact) mass is 818 g/mol. The number of amides is 1. The van der Waals surface area contributed by atoms with Gasteiger partial charge in [0.15, 0.2) is 6.04 Å². The highest BCUT2D eigenvalue weighted by Gasteiger charge is 2.28. The van der Waals surface area contributed by atoms with Crippen LogP contribution in [0.3, 0.4) is 0 Å². The number of esters is 1. The van der Waals surface area contributed by atoms with E-state index in [1.165, 1.54) is 122 Å². The minimum atomic E-state index is -4.75. The lowest BCUT2D eigenvalue weighted by Gasteiger charge is -2.18. The lowest BCUT2D eigenvalue weighted by Crippen LogP contribution is -2.43. The molecule has 330 valence electrons. The van der Waals surface area contributed by atoms with E-state index < -0.39 is 57.6 Å². The Bertz CT molecular complexity index is 1010. The van der Waals surface area contributed by atoms with Crippen molar-refractivity contribution in [2.75, 3.05) is 19.8 Å². The predicted octanol–water partition coefficient (Wildman–Crippen LogP) is 11.7. The summed E-state index contributed by atoms with van der Waals surface area (Å²) in [6.45, 7) is 2.58. The number of unbranched alkanes of at least 4 members (excludes halogenated alkanes) is 27. The summed E-state index contributed by atoms with van der Waals surface area (Å²) in [7, 11) is -4.75. The molecule has 0 fully saturated rings. The minimum absolute atomic E-state index is 0.138. The third-order valence-corrected chi connectivity index (χ3v) is 11.0. The van der Waals surface area contributed by atoms with Gasteiger partial charge in [-0.1, -0.05) is 180 Å². The molecule has 0 aliphatic heterocycles. The van der Waals surface area contributed by atoms with E-state index in [1.807, 2.05) is 0 Å². The molecule has 0 radical (unpaired) electrons. The summed E-state index contributed by atoms with van der Waals surface area (Å²) >= 11 is 0. The third kappa shape index (κ3) is 39.1. The van der Waals surface area contributed by atoms with E-state index in [2.05, 4.69) is 31.3 Å². The molecule has 4 N–H and O–H groups in total. The van der Waals surface area contributed by atoms with Gasteiger partial charge in [0.25, 0.3) is 0 Å². The molecule has 0 rings (SSSR count). The van der Waals surface area contributed by atoms with Gasteiger partial charge in [-0.05, 0) is 38.5 Å². The van der Waals surface area contributed by atoms with Gasteiger partial charge in [0.05, 0.1) is 13.2 Å². The van der Waals surface area contributed by atoms with Crippen LogP contribution in [0.15, 0.2) is 12.2 Å². The number of hydrogen-bond donors (Lipinski definition) is 4. The predicted molar refractivity (Wildman–Crippen MR) is 226 cm³/mol. The van der Waals surface area contributed by atoms with Crippen LogP contribution >= 0.6 is 7.82 Å². The second-order valence-electron chi connectivity index (χ2n) is 15.6. The maximum absolute atomic E-state index is 12.3. The third-order valence-electron chi connectivity index (χ3n) is 10.1. The first-order chi connectivity index (χ1) is 27.1. The summed E-state index contributed by atoms with van der Waals surface area (Å²) < 4.78 is 26.8. The van der Waals surface area contributed by atoms with Gasteiger partial charge in [-0.3, -0.25) is 18.6 Å². The van der Waals surface area contributed by atoms with E-state index in [-0.39, 0.29) is 12.8 Å². The van der Waals surface area contributed by atoms with Gasteiger partial charge in [0.1, 0.15) is 12.7 Å². The molecule has 0 saturated heterocycles. The summed E-state index contributed by atoms with van der Waals surface area (Å²) in [5.74, 6) is -2.37. The summed E-state index contributed by atoms with van der Waals surface area (Å²) in [4.78, 5) is 45.8. The van der Waals surface area contributed by atoms with Crippen LogP contribution < -0.4 is 5.32 Å². The number of ether oxygens (including phenoxy) is 1. The van der Waals surface area contributed by atoms with Crippen molar-refractivity contribution in [2.24, 2.45) is 0 Å². The molecule has 0 saturated carbocycles. The molecular formula is C44H84NO10P. The first-order valence-electron chi connectivity index (χ1n) is 22.7. The summed E-state index contributed by atoms with van der Waals surface area (Å²) in [6, 6.07) is -1.55. The molecule has 0 spiro atoms. The Hall–Kier alpha value is -1.78. The molecule has 0 bridgehead atoms. The quantitative estimate of drug-likeness (QED) is 0.0201. The van der Waals surface area contributed by atoms with Crippen LogP contribution in [0.4, 0.5) is 0 Å². The van der Waals surface area contributed by atoms with Gasteiger partial charge >= 0.3 is 19.8 Å². The first kappa shape index (κ1) is 54.2. The number of carboxylic acids is 1. The molecule has 0 aromatic heterocycles. The van der Waals surface area contributed by atoms with Crippen LogP contribution in [0.2, 0.25) is 0 Å². The minimum Gasteiger partial charge on any atom is -0.480 e. The van der Waals surface area contributed by atoms with Gasteiger partial charge in [-0.25, -0.2) is 9.36 Å². The van der Waals surface area contributed by atoms with Crippen molar-refractivity contribution < 1.29 is 47.8 Å². The highest BCUT2D eigenvalue weighted by Crippen LogP contribution is 2.43. The zero-order valence-electron chi connectivity index (χ0n) is 35.7. The Morgan fingerprint density at radius 2 is 0.929 bits per heavy atom. The average Bonchev–Trinajstić information content (AvgIpc) is 3.17. The maximum atomic E-state index is 12.3. The van der Waals surface area contributed by atoms with Crippen LogP contribution in [-0.4, -0.2) is 64.9 Å². The zero-order chi connectivity index (χ0) is 41.4. The standard InChI is InChI=1S/C44H84NO10P/c1-3-5-7-9-11-13-15-17-18-19-20-21-22-23-24-26-28-30-32-34-36-43(48)53-37-40(46)38-54-56(51,52)55-39-41(44(49)50)45-42(47)35-33-31-29-27-25-16-14-12-10-8-6-4-2/h12,14,40-41,46H,3-11,13,15-39H2,1-2H3,(H,45,47)(H,49,50)(H,51,52)/b14-12-. The number of allylic oxidation sites excluding steroid dienone is 2. The van der Waals surface area contributed by atoms with Gasteiger partial charge in [0, 0.05) is 12.8 Å². The fraction of sp³-hybridized carbons (Fsp3) is 0.886. The Kier molecular flexibility index (Phi) is 38.7. The van der Waals surface area contributed by atoms with Crippen molar-refractivity contribution >= 4 is 25.7 Å². The van der Waals surface area contributed by atoms with E-state index >= 15 is 0 Å². The normalized spacial score (nSPS) is 13.8. The molecule has 3 atom stereocenters. The number of carbonyl (C=O) groups excluding carboxylic acids is 2. The molecule has 0 aliphatic rings. The van der Waals surface area contributed by atoms with Gasteiger partial charge in [0.2, 0.25) is 5.91 Å². The van der Waals surface area contributed by atoms with Crippen LogP contribution in [-0.2, 0) is 32.7 Å². The smallest absolute Gasteiger partial charge is 0.472 e. The molecule has 0 heterocycles. The molecule has 12 heteroatoms. The van der Waals surface area contributed by atoms with Crippen molar-refractivity contribution in [3.05, 3.63) is 12.2 Å². The van der Waals surface area contributed by atoms with Crippen molar-refractivity contribution in [1.82, 2.24) is 5.32 Å². The highest BCUT2D eigenvalue weighted by atomic mass is 31.2. The zero-order valence-corrected chi connectivity index (χ0v) is 36.6. The fourth-order valence-corrected chi connectivity index (χ4v) is 7.26. The highest BCUT2D eigenvalue weighted by molar-refractivity contribution is 7.47. The molecule has 0 aromatic carbocycles. The summed E-state index contributed by atoms with van der Waals surface area (Å²) in [6.07, 6.45) is 39.6. The SMILES string of the molecule is CCCCC/C=C\CCCCCCCC(=O)NC(COP(=O)(O)OCC(O)COC(=O)CCCCCCCCCCCCCCCCCCCCCC)C(=O)O. The van der Waals surface area contributed by atoms with E-state index in [4.69, 9.17) is 13.8 Å². The van der Waals surface area contributed by atoms with E-state index in [0.717, 1.165) is 57.8 Å². The average molecular weight is 818 g/mol. The Morgan fingerprint density at radius 1 is 0.554 bits per heavy atom. The fourth-order valence-electron chi connectivity index (χ4n) is 6.49. The van der Waals surface area contributed by atoms with Crippen molar-refractivity contribution in [3.63, 3.8) is 0 Å². The number of aliphatic hydroxyl groups is 1. The van der Waals surface area contributed by atoms with Gasteiger partial charge in [-0.2, -0.15) is 0 Å². The Balaban J connectivity index is 3.82. The summed E-state index contributed by atoms with van der Waals surface area (Å²) in [5, 5.41) is 21.8. The summed E-state index contributed by atoms with van der Waals surface area (Å²) in [5.41, 5.74) is 0. The number of aliphatic carboxylic acids is 1. The number of carbonyl (C=O) groups is 3. The lowest BCUT2D eigenvalue weighted by atomic mass is 10.0. The lowest BCUT2D eigenvalue weighted by molar-refractivity contribution is -0.147. The van der Waals surface area contributed by atoms with Crippen LogP contribution in [0.25, 0.3) is 0 Å². The van der Waals surface area contributed by atoms with Gasteiger partial charge in [-0.15, -0.1) is 0 Å². The first-order valence-corrected chi connectivity index (χ1v) is 24.2. The largest absolute Gasteiger partial charge is 0.480 e. The van der Waals surface area contributed by atoms with Crippen molar-refractivity contribution in [3.8, 4) is 0 Å². The second-order valence-corrected chi connectivity index (χ2v) is 17.0. The molecule has 3 unspecified atom stereocenters. The number of phosphoric ester groups is 1. The Morgan fingerprint density at radius 3 is 1.39 bits per heavy atom. The number of carboxylic acid groups (broad SMARTS) is 1. The van der Waals surface area contributed by atoms with Crippen molar-refractivity contribution in [2.45, 2.75) is 231 Å². The molecule has 56 heavy (non-hydrogen) atoms. The number of hydrogen-bond acceptors (Lipinski definition) is 8. The Labute approximate surface area is 341 Å². The number of aliphatic hydroxyl groups excluding tert-OH is 1. The van der Waals surface area contributed by atoms with Crippen molar-refractivity contribution in [1.29, 1.82) is 0 Å². The van der Waals surface area contributed by atoms with E-state index in [1.54, 1.807) is 0 Å². The van der Waals surface area contributed by atoms with Gasteiger partial charge < -0.3 is 25.2 Å². The van der Waals surface area contributed by atoms with E-state index in [0.29, 0.717) is 12.8 Å². The topological polar surface area (TPSA) is 169 Å². The number of phosphoric acid groups is 1. The second kappa shape index (κ2) is 40.0. The molecule has 0 aliphatic carbocycles. The van der Waals surface area contributed by atoms with Crippen LogP contribution in [0.1, 0.15) is 219 Å². The number of rotatable bonds is 43. The molecule has 11 nitrogen and oxygen atoms in total.